The summed E-state index contributed by atoms with van der Waals surface area (Å²) >= 11 is 1.78. The maximum atomic E-state index is 10.2. The molecule has 0 atom stereocenters. The number of aliphatic carboxylic acids is 1. The van der Waals surface area contributed by atoms with Crippen LogP contribution < -0.4 is 0 Å². The van der Waals surface area contributed by atoms with Gasteiger partial charge in [-0.05, 0) is 18.6 Å². The summed E-state index contributed by atoms with van der Waals surface area (Å²) in [6, 6.07) is 0. The molecule has 0 aliphatic rings. The van der Waals surface area contributed by atoms with Gasteiger partial charge < -0.3 is 10.2 Å². The van der Waals surface area contributed by atoms with Crippen LogP contribution >= 0.6 is 11.8 Å². The Labute approximate surface area is 89.9 Å². The average molecular weight is 220 g/mol. The van der Waals surface area contributed by atoms with Crippen LogP contribution in [0.3, 0.4) is 0 Å². The second-order valence-corrected chi connectivity index (χ2v) is 4.47. The molecule has 84 valence electrons. The zero-order valence-electron chi connectivity index (χ0n) is 8.57. The first-order valence-corrected chi connectivity index (χ1v) is 6.33. The molecule has 14 heavy (non-hydrogen) atoms. The van der Waals surface area contributed by atoms with Gasteiger partial charge >= 0.3 is 5.97 Å². The normalized spacial score (nSPS) is 10.4. The lowest BCUT2D eigenvalue weighted by molar-refractivity contribution is -0.137. The predicted molar refractivity (Wildman–Crippen MR) is 59.7 cm³/mol. The summed E-state index contributed by atoms with van der Waals surface area (Å²) < 4.78 is 0. The zero-order valence-corrected chi connectivity index (χ0v) is 9.39. The Morgan fingerprint density at radius 1 is 1.00 bits per heavy atom. The van der Waals surface area contributed by atoms with Crippen LogP contribution in [0.15, 0.2) is 0 Å². The Morgan fingerprint density at radius 3 is 2.29 bits per heavy atom. The number of rotatable bonds is 10. The number of aliphatic hydroxyl groups excluding tert-OH is 1. The molecule has 0 aromatic carbocycles. The van der Waals surface area contributed by atoms with Crippen LogP contribution in [0.25, 0.3) is 0 Å². The smallest absolute Gasteiger partial charge is 0.303 e. The predicted octanol–water partition coefficient (Wildman–Crippen LogP) is 2.14. The number of hydrogen-bond acceptors (Lipinski definition) is 3. The molecule has 0 saturated heterocycles. The van der Waals surface area contributed by atoms with E-state index in [1.807, 2.05) is 0 Å². The molecular weight excluding hydrogens is 200 g/mol. The van der Waals surface area contributed by atoms with E-state index in [0.29, 0.717) is 6.42 Å². The molecule has 0 spiro atoms. The van der Waals surface area contributed by atoms with E-state index < -0.39 is 5.97 Å². The minimum Gasteiger partial charge on any atom is -0.481 e. The maximum Gasteiger partial charge on any atom is 0.303 e. The number of carbonyl (C=O) groups is 1. The van der Waals surface area contributed by atoms with Crippen molar-refractivity contribution >= 4 is 17.7 Å². The number of aliphatic hydroxyl groups is 1. The van der Waals surface area contributed by atoms with E-state index in [0.717, 1.165) is 30.8 Å². The third-order valence-corrected chi connectivity index (χ3v) is 2.96. The molecule has 0 saturated carbocycles. The molecule has 0 rings (SSSR count). The average Bonchev–Trinajstić information content (AvgIpc) is 2.15. The molecule has 2 N–H and O–H groups in total. The maximum absolute atomic E-state index is 10.2. The lowest BCUT2D eigenvalue weighted by Gasteiger charge is -2.00. The quantitative estimate of drug-likeness (QED) is 0.554. The number of hydrogen-bond donors (Lipinski definition) is 2. The van der Waals surface area contributed by atoms with E-state index >= 15 is 0 Å². The zero-order chi connectivity index (χ0) is 10.6. The van der Waals surface area contributed by atoms with Crippen LogP contribution in [0.5, 0.6) is 0 Å². The van der Waals surface area contributed by atoms with Crippen molar-refractivity contribution in [1.82, 2.24) is 0 Å². The summed E-state index contributed by atoms with van der Waals surface area (Å²) in [7, 11) is 0. The van der Waals surface area contributed by atoms with E-state index in [4.69, 9.17) is 10.2 Å². The van der Waals surface area contributed by atoms with Crippen LogP contribution in [0.4, 0.5) is 0 Å². The summed E-state index contributed by atoms with van der Waals surface area (Å²) in [5, 5.41) is 16.9. The Bertz CT molecular complexity index is 139. The SMILES string of the molecule is O=C(O)CCCCCCCSCCO. The van der Waals surface area contributed by atoms with Crippen molar-refractivity contribution in [2.75, 3.05) is 18.1 Å². The second-order valence-electron chi connectivity index (χ2n) is 3.25. The van der Waals surface area contributed by atoms with Crippen molar-refractivity contribution in [1.29, 1.82) is 0 Å². The molecule has 0 heterocycles. The Kier molecular flexibility index (Phi) is 10.7. The fourth-order valence-electron chi connectivity index (χ4n) is 1.18. The van der Waals surface area contributed by atoms with Crippen LogP contribution in [0, 0.1) is 0 Å². The van der Waals surface area contributed by atoms with Gasteiger partial charge in [-0.2, -0.15) is 11.8 Å². The standard InChI is InChI=1S/C10H20O3S/c11-7-9-14-8-5-3-1-2-4-6-10(12)13/h11H,1-9H2,(H,12,13). The fourth-order valence-corrected chi connectivity index (χ4v) is 1.92. The molecule has 0 bridgehead atoms. The van der Waals surface area contributed by atoms with Crippen LogP contribution in [0.1, 0.15) is 38.5 Å². The number of thioether (sulfide) groups is 1. The van der Waals surface area contributed by atoms with E-state index in [1.54, 1.807) is 11.8 Å². The van der Waals surface area contributed by atoms with Gasteiger partial charge in [0.05, 0.1) is 6.61 Å². The van der Waals surface area contributed by atoms with Gasteiger partial charge in [0.15, 0.2) is 0 Å². The second kappa shape index (κ2) is 10.9. The molecular formula is C10H20O3S. The van der Waals surface area contributed by atoms with Gasteiger partial charge in [0, 0.05) is 12.2 Å². The summed E-state index contributed by atoms with van der Waals surface area (Å²) in [6.45, 7) is 0.267. The van der Waals surface area contributed by atoms with Crippen molar-refractivity contribution < 1.29 is 15.0 Å². The molecule has 0 aliphatic heterocycles. The van der Waals surface area contributed by atoms with E-state index in [-0.39, 0.29) is 6.61 Å². The lowest BCUT2D eigenvalue weighted by atomic mass is 10.1. The highest BCUT2D eigenvalue weighted by Crippen LogP contribution is 2.09. The van der Waals surface area contributed by atoms with Crippen molar-refractivity contribution in [3.05, 3.63) is 0 Å². The molecule has 0 aromatic heterocycles. The first kappa shape index (κ1) is 13.8. The Balaban J connectivity index is 2.88. The number of carboxylic acids is 1. The molecule has 0 fully saturated rings. The first-order chi connectivity index (χ1) is 6.77. The van der Waals surface area contributed by atoms with Gasteiger partial charge in [0.1, 0.15) is 0 Å². The van der Waals surface area contributed by atoms with Crippen molar-refractivity contribution in [3.8, 4) is 0 Å². The number of unbranched alkanes of at least 4 members (excludes halogenated alkanes) is 4. The van der Waals surface area contributed by atoms with Gasteiger partial charge in [0.2, 0.25) is 0 Å². The largest absolute Gasteiger partial charge is 0.481 e. The van der Waals surface area contributed by atoms with Crippen molar-refractivity contribution in [2.24, 2.45) is 0 Å². The summed E-state index contributed by atoms with van der Waals surface area (Å²) in [4.78, 5) is 10.2. The van der Waals surface area contributed by atoms with E-state index in [9.17, 15) is 4.79 Å². The molecule has 0 amide bonds. The Hall–Kier alpha value is -0.220. The highest BCUT2D eigenvalue weighted by Gasteiger charge is 1.96. The monoisotopic (exact) mass is 220 g/mol. The van der Waals surface area contributed by atoms with E-state index in [2.05, 4.69) is 0 Å². The first-order valence-electron chi connectivity index (χ1n) is 5.17. The van der Waals surface area contributed by atoms with Crippen LogP contribution in [0.2, 0.25) is 0 Å². The highest BCUT2D eigenvalue weighted by molar-refractivity contribution is 7.99. The molecule has 0 radical (unpaired) electrons. The third kappa shape index (κ3) is 11.8. The van der Waals surface area contributed by atoms with Crippen molar-refractivity contribution in [2.45, 2.75) is 38.5 Å². The molecule has 4 heteroatoms. The summed E-state index contributed by atoms with van der Waals surface area (Å²) in [5.41, 5.74) is 0. The summed E-state index contributed by atoms with van der Waals surface area (Å²) in [5.74, 6) is 1.25. The van der Waals surface area contributed by atoms with Crippen molar-refractivity contribution in [3.63, 3.8) is 0 Å². The van der Waals surface area contributed by atoms with Crippen LogP contribution in [-0.2, 0) is 4.79 Å². The molecule has 0 aliphatic carbocycles. The minimum atomic E-state index is -0.691. The molecule has 3 nitrogen and oxygen atoms in total. The fraction of sp³-hybridized carbons (Fsp3) is 0.900. The van der Waals surface area contributed by atoms with Gasteiger partial charge in [0.25, 0.3) is 0 Å². The molecule has 0 aromatic rings. The van der Waals surface area contributed by atoms with E-state index in [1.165, 1.54) is 12.8 Å². The Morgan fingerprint density at radius 2 is 1.64 bits per heavy atom. The summed E-state index contributed by atoms with van der Waals surface area (Å²) in [6.07, 6.45) is 5.62. The minimum absolute atomic E-state index is 0.267. The highest BCUT2D eigenvalue weighted by atomic mass is 32.2. The van der Waals surface area contributed by atoms with Gasteiger partial charge in [-0.15, -0.1) is 0 Å². The van der Waals surface area contributed by atoms with Gasteiger partial charge in [-0.1, -0.05) is 19.3 Å². The number of carboxylic acid groups (broad SMARTS) is 1. The van der Waals surface area contributed by atoms with Gasteiger partial charge in [-0.25, -0.2) is 0 Å². The van der Waals surface area contributed by atoms with Gasteiger partial charge in [-0.3, -0.25) is 4.79 Å². The lowest BCUT2D eigenvalue weighted by Crippen LogP contribution is -1.93. The molecule has 0 unspecified atom stereocenters. The van der Waals surface area contributed by atoms with Crippen LogP contribution in [-0.4, -0.2) is 34.3 Å². The third-order valence-electron chi connectivity index (χ3n) is 1.91. The topological polar surface area (TPSA) is 57.5 Å².